The summed E-state index contributed by atoms with van der Waals surface area (Å²) in [4.78, 5) is 23.2. The second-order valence-electron chi connectivity index (χ2n) is 5.60. The van der Waals surface area contributed by atoms with Gasteiger partial charge in [0.15, 0.2) is 18.1 Å². The van der Waals surface area contributed by atoms with E-state index >= 15 is 0 Å². The molecule has 26 heavy (non-hydrogen) atoms. The van der Waals surface area contributed by atoms with E-state index in [4.69, 9.17) is 26.8 Å². The monoisotopic (exact) mass is 372 g/mol. The zero-order valence-corrected chi connectivity index (χ0v) is 14.8. The largest absolute Gasteiger partial charge is 0.490 e. The molecule has 1 aliphatic rings. The molecule has 1 heterocycles. The summed E-state index contributed by atoms with van der Waals surface area (Å²) in [5.74, 6) is 0.111. The predicted octanol–water partition coefficient (Wildman–Crippen LogP) is 3.10. The Morgan fingerprint density at radius 1 is 1.19 bits per heavy atom. The van der Waals surface area contributed by atoms with Crippen molar-refractivity contribution in [1.82, 2.24) is 0 Å². The van der Waals surface area contributed by atoms with Crippen LogP contribution in [0.5, 0.6) is 11.5 Å². The molecule has 0 unspecified atom stereocenters. The number of halogens is 1. The maximum absolute atomic E-state index is 12.3. The lowest BCUT2D eigenvalue weighted by Gasteiger charge is -2.11. The van der Waals surface area contributed by atoms with Crippen molar-refractivity contribution in [1.29, 1.82) is 0 Å². The summed E-state index contributed by atoms with van der Waals surface area (Å²) in [7, 11) is 0. The molecule has 0 fully saturated rings. The van der Waals surface area contributed by atoms with Crippen molar-refractivity contribution in [2.45, 2.75) is 6.92 Å². The lowest BCUT2D eigenvalue weighted by Crippen LogP contribution is -2.20. The van der Waals surface area contributed by atoms with Crippen molar-refractivity contribution in [2.24, 2.45) is 5.73 Å². The second-order valence-corrected chi connectivity index (χ2v) is 6.03. The Morgan fingerprint density at radius 3 is 2.73 bits per heavy atom. The zero-order valence-electron chi connectivity index (χ0n) is 14.0. The molecule has 0 spiro atoms. The van der Waals surface area contributed by atoms with Gasteiger partial charge in [0.25, 0.3) is 11.8 Å². The minimum atomic E-state index is -0.573. The number of hydrogen-bond acceptors (Lipinski definition) is 4. The number of amides is 2. The molecule has 2 aromatic carbocycles. The van der Waals surface area contributed by atoms with Gasteiger partial charge in [0.05, 0.1) is 12.3 Å². The fourth-order valence-corrected chi connectivity index (χ4v) is 2.80. The van der Waals surface area contributed by atoms with Crippen LogP contribution in [-0.2, 0) is 9.59 Å². The lowest BCUT2D eigenvalue weighted by atomic mass is 10.0. The number of rotatable bonds is 6. The third-order valence-electron chi connectivity index (χ3n) is 3.71. The van der Waals surface area contributed by atoms with Gasteiger partial charge in [-0.15, -0.1) is 0 Å². The van der Waals surface area contributed by atoms with Gasteiger partial charge in [-0.1, -0.05) is 23.7 Å². The van der Waals surface area contributed by atoms with E-state index in [0.717, 1.165) is 11.1 Å². The Hall–Kier alpha value is -2.99. The van der Waals surface area contributed by atoms with Gasteiger partial charge in [-0.3, -0.25) is 9.59 Å². The van der Waals surface area contributed by atoms with E-state index in [1.165, 1.54) is 0 Å². The molecule has 6 nitrogen and oxygen atoms in total. The van der Waals surface area contributed by atoms with E-state index in [0.29, 0.717) is 34.4 Å². The lowest BCUT2D eigenvalue weighted by molar-refractivity contribution is -0.120. The Kier molecular flexibility index (Phi) is 5.14. The molecule has 1 aliphatic heterocycles. The molecule has 0 atom stereocenters. The van der Waals surface area contributed by atoms with Crippen molar-refractivity contribution in [3.05, 3.63) is 52.5 Å². The van der Waals surface area contributed by atoms with Gasteiger partial charge in [0.1, 0.15) is 0 Å². The Bertz CT molecular complexity index is 908. The van der Waals surface area contributed by atoms with Crippen molar-refractivity contribution in [2.75, 3.05) is 18.5 Å². The van der Waals surface area contributed by atoms with Crippen LogP contribution in [0.25, 0.3) is 11.6 Å². The van der Waals surface area contributed by atoms with E-state index in [1.807, 2.05) is 6.92 Å². The Morgan fingerprint density at radius 2 is 2.00 bits per heavy atom. The molecule has 0 aromatic heterocycles. The molecular formula is C19H17ClN2O4. The smallest absolute Gasteiger partial charge is 0.256 e. The molecule has 3 N–H and O–H groups in total. The topological polar surface area (TPSA) is 90.7 Å². The fourth-order valence-electron chi connectivity index (χ4n) is 2.63. The summed E-state index contributed by atoms with van der Waals surface area (Å²) in [6.45, 7) is 2.03. The molecule has 7 heteroatoms. The maximum Gasteiger partial charge on any atom is 0.256 e. The van der Waals surface area contributed by atoms with Crippen LogP contribution in [0, 0.1) is 0 Å². The van der Waals surface area contributed by atoms with Crippen LogP contribution in [0.1, 0.15) is 18.1 Å². The van der Waals surface area contributed by atoms with Crippen molar-refractivity contribution >= 4 is 40.8 Å². The van der Waals surface area contributed by atoms with Gasteiger partial charge >= 0.3 is 0 Å². The molecule has 0 radical (unpaired) electrons. The highest BCUT2D eigenvalue weighted by Gasteiger charge is 2.24. The third-order valence-corrected chi connectivity index (χ3v) is 3.95. The predicted molar refractivity (Wildman–Crippen MR) is 100 cm³/mol. The van der Waals surface area contributed by atoms with E-state index < -0.39 is 5.91 Å². The van der Waals surface area contributed by atoms with Gasteiger partial charge in [-0.05, 0) is 42.8 Å². The first-order valence-electron chi connectivity index (χ1n) is 7.99. The minimum Gasteiger partial charge on any atom is -0.490 e. The summed E-state index contributed by atoms with van der Waals surface area (Å²) in [5.41, 5.74) is 7.86. The highest BCUT2D eigenvalue weighted by molar-refractivity contribution is 6.36. The summed E-state index contributed by atoms with van der Waals surface area (Å²) < 4.78 is 10.9. The SMILES string of the molecule is CCOc1cc(/C=C2/C(=O)Nc3cc(Cl)ccc32)ccc1OCC(N)=O. The number of anilines is 1. The van der Waals surface area contributed by atoms with Gasteiger partial charge < -0.3 is 20.5 Å². The van der Waals surface area contributed by atoms with E-state index in [1.54, 1.807) is 42.5 Å². The van der Waals surface area contributed by atoms with Gasteiger partial charge in [0.2, 0.25) is 0 Å². The first-order valence-corrected chi connectivity index (χ1v) is 8.36. The van der Waals surface area contributed by atoms with Crippen LogP contribution in [0.4, 0.5) is 5.69 Å². The van der Waals surface area contributed by atoms with Crippen LogP contribution in [0.15, 0.2) is 36.4 Å². The number of ether oxygens (including phenoxy) is 2. The number of carbonyl (C=O) groups is 2. The first kappa shape index (κ1) is 17.8. The average molecular weight is 373 g/mol. The first-order chi connectivity index (χ1) is 12.5. The minimum absolute atomic E-state index is 0.200. The van der Waals surface area contributed by atoms with Gasteiger partial charge in [0, 0.05) is 16.2 Å². The van der Waals surface area contributed by atoms with Crippen LogP contribution >= 0.6 is 11.6 Å². The van der Waals surface area contributed by atoms with Crippen molar-refractivity contribution < 1.29 is 19.1 Å². The number of carbonyl (C=O) groups excluding carboxylic acids is 2. The van der Waals surface area contributed by atoms with Crippen LogP contribution in [0.2, 0.25) is 5.02 Å². The van der Waals surface area contributed by atoms with E-state index in [9.17, 15) is 9.59 Å². The second kappa shape index (κ2) is 7.49. The van der Waals surface area contributed by atoms with Crippen molar-refractivity contribution in [3.8, 4) is 11.5 Å². The summed E-state index contributed by atoms with van der Waals surface area (Å²) in [5, 5.41) is 3.35. The highest BCUT2D eigenvalue weighted by atomic mass is 35.5. The van der Waals surface area contributed by atoms with Crippen LogP contribution in [0.3, 0.4) is 0 Å². The standard InChI is InChI=1S/C19H17ClN2O4/c1-2-25-17-8-11(3-6-16(17)26-10-18(21)23)7-14-13-5-4-12(20)9-15(13)22-19(14)24/h3-9H,2,10H2,1H3,(H2,21,23)(H,22,24)/b14-7+. The maximum atomic E-state index is 12.3. The molecule has 2 aromatic rings. The highest BCUT2D eigenvalue weighted by Crippen LogP contribution is 2.36. The summed E-state index contributed by atoms with van der Waals surface area (Å²) >= 11 is 5.97. The molecule has 0 aliphatic carbocycles. The van der Waals surface area contributed by atoms with Gasteiger partial charge in [-0.25, -0.2) is 0 Å². The number of nitrogens with two attached hydrogens (primary N) is 1. The van der Waals surface area contributed by atoms with E-state index in [-0.39, 0.29) is 12.5 Å². The number of nitrogens with one attached hydrogen (secondary N) is 1. The molecule has 3 rings (SSSR count). The molecule has 0 bridgehead atoms. The summed E-state index contributed by atoms with van der Waals surface area (Å²) in [6, 6.07) is 10.4. The Labute approximate surface area is 155 Å². The number of fused-ring (bicyclic) bond motifs is 1. The van der Waals surface area contributed by atoms with Crippen LogP contribution < -0.4 is 20.5 Å². The number of hydrogen-bond donors (Lipinski definition) is 2. The summed E-state index contributed by atoms with van der Waals surface area (Å²) in [6.07, 6.45) is 1.76. The molecule has 0 saturated heterocycles. The van der Waals surface area contributed by atoms with Crippen LogP contribution in [-0.4, -0.2) is 25.0 Å². The quantitative estimate of drug-likeness (QED) is 0.762. The van der Waals surface area contributed by atoms with E-state index in [2.05, 4.69) is 5.32 Å². The molecule has 0 saturated carbocycles. The molecular weight excluding hydrogens is 356 g/mol. The number of primary amides is 1. The zero-order chi connectivity index (χ0) is 18.7. The Balaban J connectivity index is 1.95. The fraction of sp³-hybridized carbons (Fsp3) is 0.158. The molecule has 2 amide bonds. The number of benzene rings is 2. The van der Waals surface area contributed by atoms with Gasteiger partial charge in [-0.2, -0.15) is 0 Å². The van der Waals surface area contributed by atoms with Crippen molar-refractivity contribution in [3.63, 3.8) is 0 Å². The molecule has 134 valence electrons. The third kappa shape index (κ3) is 3.81. The average Bonchev–Trinajstić information content (AvgIpc) is 2.89. The normalized spacial score (nSPS) is 14.1.